The van der Waals surface area contributed by atoms with Crippen molar-refractivity contribution in [2.24, 2.45) is 0 Å². The number of carbonyl (C=O) groups is 1. The topological polar surface area (TPSA) is 59.6 Å². The standard InChI is InChI=1S/C15H21ClN2O3/c1-20-14-5-4-11(16)9-13(14)17-7-6-15(19)18-10-12-3-2-8-21-12/h4-5,9,12,17H,2-3,6-8,10H2,1H3,(H,18,19). The van der Waals surface area contributed by atoms with Crippen LogP contribution in [0.3, 0.4) is 0 Å². The summed E-state index contributed by atoms with van der Waals surface area (Å²) in [6, 6.07) is 5.34. The van der Waals surface area contributed by atoms with Gasteiger partial charge in [0.05, 0.1) is 18.9 Å². The number of hydrogen-bond donors (Lipinski definition) is 2. The number of benzene rings is 1. The molecule has 0 radical (unpaired) electrons. The number of hydrogen-bond acceptors (Lipinski definition) is 4. The first-order chi connectivity index (χ1) is 10.2. The minimum Gasteiger partial charge on any atom is -0.495 e. The van der Waals surface area contributed by atoms with Crippen molar-refractivity contribution in [3.05, 3.63) is 23.2 Å². The molecule has 1 fully saturated rings. The normalized spacial score (nSPS) is 17.5. The van der Waals surface area contributed by atoms with Crippen LogP contribution in [-0.2, 0) is 9.53 Å². The molecule has 1 aromatic carbocycles. The maximum atomic E-state index is 11.7. The predicted octanol–water partition coefficient (Wildman–Crippen LogP) is 2.45. The van der Waals surface area contributed by atoms with Crippen LogP contribution in [0.15, 0.2) is 18.2 Å². The van der Waals surface area contributed by atoms with Crippen LogP contribution in [0.1, 0.15) is 19.3 Å². The fourth-order valence-electron chi connectivity index (χ4n) is 2.25. The Labute approximate surface area is 130 Å². The molecule has 2 rings (SSSR count). The first kappa shape index (κ1) is 15.9. The molecule has 1 atom stereocenters. The van der Waals surface area contributed by atoms with Gasteiger partial charge in [-0.25, -0.2) is 0 Å². The van der Waals surface area contributed by atoms with Crippen molar-refractivity contribution in [1.82, 2.24) is 5.32 Å². The van der Waals surface area contributed by atoms with Gasteiger partial charge >= 0.3 is 0 Å². The third-order valence-corrected chi connectivity index (χ3v) is 3.62. The fraction of sp³-hybridized carbons (Fsp3) is 0.533. The van der Waals surface area contributed by atoms with Crippen LogP contribution in [0.4, 0.5) is 5.69 Å². The van der Waals surface area contributed by atoms with Gasteiger partial charge in [-0.15, -0.1) is 0 Å². The summed E-state index contributed by atoms with van der Waals surface area (Å²) in [5.74, 6) is 0.721. The smallest absolute Gasteiger partial charge is 0.221 e. The molecule has 1 aliphatic rings. The lowest BCUT2D eigenvalue weighted by Crippen LogP contribution is -2.32. The van der Waals surface area contributed by atoms with E-state index in [9.17, 15) is 4.79 Å². The van der Waals surface area contributed by atoms with Crippen LogP contribution in [0.5, 0.6) is 5.75 Å². The summed E-state index contributed by atoms with van der Waals surface area (Å²) in [5, 5.41) is 6.68. The molecule has 0 aliphatic carbocycles. The highest BCUT2D eigenvalue weighted by Gasteiger charge is 2.15. The molecule has 1 aromatic rings. The van der Waals surface area contributed by atoms with Crippen molar-refractivity contribution in [3.63, 3.8) is 0 Å². The third-order valence-electron chi connectivity index (χ3n) is 3.38. The lowest BCUT2D eigenvalue weighted by molar-refractivity contribution is -0.121. The summed E-state index contributed by atoms with van der Waals surface area (Å²) in [6.45, 7) is 1.92. The Kier molecular flexibility index (Phi) is 6.14. The van der Waals surface area contributed by atoms with E-state index in [4.69, 9.17) is 21.1 Å². The minimum atomic E-state index is 0.0130. The van der Waals surface area contributed by atoms with Crippen molar-refractivity contribution in [2.45, 2.75) is 25.4 Å². The molecule has 2 N–H and O–H groups in total. The molecule has 1 aliphatic heterocycles. The molecule has 5 nitrogen and oxygen atoms in total. The number of methoxy groups -OCH3 is 1. The monoisotopic (exact) mass is 312 g/mol. The van der Waals surface area contributed by atoms with Gasteiger partial charge in [0.2, 0.25) is 5.91 Å². The summed E-state index contributed by atoms with van der Waals surface area (Å²) in [6.07, 6.45) is 2.67. The lowest BCUT2D eigenvalue weighted by Gasteiger charge is -2.13. The Hall–Kier alpha value is -1.46. The number of amides is 1. The number of rotatable bonds is 7. The van der Waals surface area contributed by atoms with Crippen molar-refractivity contribution < 1.29 is 14.3 Å². The van der Waals surface area contributed by atoms with E-state index in [0.717, 1.165) is 25.1 Å². The summed E-state index contributed by atoms with van der Waals surface area (Å²) in [5.41, 5.74) is 0.789. The summed E-state index contributed by atoms with van der Waals surface area (Å²) in [4.78, 5) is 11.7. The van der Waals surface area contributed by atoms with Gasteiger partial charge in [0.1, 0.15) is 5.75 Å². The molecule has 0 aromatic heterocycles. The van der Waals surface area contributed by atoms with Gasteiger partial charge in [-0.2, -0.15) is 0 Å². The Morgan fingerprint density at radius 2 is 2.38 bits per heavy atom. The van der Waals surface area contributed by atoms with E-state index in [1.165, 1.54) is 0 Å². The molecule has 1 unspecified atom stereocenters. The molecular weight excluding hydrogens is 292 g/mol. The zero-order valence-corrected chi connectivity index (χ0v) is 12.9. The van der Waals surface area contributed by atoms with E-state index in [1.807, 2.05) is 0 Å². The van der Waals surface area contributed by atoms with Gasteiger partial charge in [0.25, 0.3) is 0 Å². The van der Waals surface area contributed by atoms with E-state index in [0.29, 0.717) is 30.3 Å². The van der Waals surface area contributed by atoms with Gasteiger partial charge in [-0.1, -0.05) is 11.6 Å². The van der Waals surface area contributed by atoms with E-state index in [2.05, 4.69) is 10.6 Å². The van der Waals surface area contributed by atoms with E-state index >= 15 is 0 Å². The fourth-order valence-corrected chi connectivity index (χ4v) is 2.42. The number of anilines is 1. The Morgan fingerprint density at radius 1 is 1.52 bits per heavy atom. The Balaban J connectivity index is 1.70. The predicted molar refractivity (Wildman–Crippen MR) is 83.1 cm³/mol. The van der Waals surface area contributed by atoms with Crippen LogP contribution >= 0.6 is 11.6 Å². The second-order valence-corrected chi connectivity index (χ2v) is 5.40. The lowest BCUT2D eigenvalue weighted by atomic mass is 10.2. The third kappa shape index (κ3) is 5.10. The second-order valence-electron chi connectivity index (χ2n) is 4.96. The van der Waals surface area contributed by atoms with Gasteiger partial charge in [-0.05, 0) is 31.0 Å². The van der Waals surface area contributed by atoms with Crippen LogP contribution in [-0.4, -0.2) is 38.8 Å². The van der Waals surface area contributed by atoms with E-state index in [1.54, 1.807) is 25.3 Å². The van der Waals surface area contributed by atoms with Gasteiger partial charge in [0, 0.05) is 31.1 Å². The van der Waals surface area contributed by atoms with Crippen molar-refractivity contribution in [2.75, 3.05) is 32.1 Å². The molecule has 1 saturated heterocycles. The number of nitrogens with one attached hydrogen (secondary N) is 2. The largest absolute Gasteiger partial charge is 0.495 e. The van der Waals surface area contributed by atoms with Crippen LogP contribution in [0.2, 0.25) is 5.02 Å². The van der Waals surface area contributed by atoms with Crippen LogP contribution in [0.25, 0.3) is 0 Å². The molecule has 0 spiro atoms. The average Bonchev–Trinajstić information content (AvgIpc) is 2.99. The molecule has 0 bridgehead atoms. The van der Waals surface area contributed by atoms with Crippen LogP contribution in [0, 0.1) is 0 Å². The number of carbonyl (C=O) groups excluding carboxylic acids is 1. The maximum absolute atomic E-state index is 11.7. The number of ether oxygens (including phenoxy) is 2. The molecule has 0 saturated carbocycles. The van der Waals surface area contributed by atoms with E-state index in [-0.39, 0.29) is 12.0 Å². The second kappa shape index (κ2) is 8.10. The van der Waals surface area contributed by atoms with Gasteiger partial charge < -0.3 is 20.1 Å². The molecule has 1 amide bonds. The zero-order chi connectivity index (χ0) is 15.1. The average molecular weight is 313 g/mol. The Bertz CT molecular complexity index is 476. The first-order valence-corrected chi connectivity index (χ1v) is 7.52. The molecule has 1 heterocycles. The zero-order valence-electron chi connectivity index (χ0n) is 12.2. The molecule has 6 heteroatoms. The molecular formula is C15H21ClN2O3. The van der Waals surface area contributed by atoms with Gasteiger partial charge in [-0.3, -0.25) is 4.79 Å². The van der Waals surface area contributed by atoms with Crippen molar-refractivity contribution in [1.29, 1.82) is 0 Å². The highest BCUT2D eigenvalue weighted by atomic mass is 35.5. The van der Waals surface area contributed by atoms with Gasteiger partial charge in [0.15, 0.2) is 0 Å². The maximum Gasteiger partial charge on any atom is 0.221 e. The molecule has 116 valence electrons. The Morgan fingerprint density at radius 3 is 3.10 bits per heavy atom. The van der Waals surface area contributed by atoms with Crippen molar-refractivity contribution in [3.8, 4) is 5.75 Å². The summed E-state index contributed by atoms with van der Waals surface area (Å²) in [7, 11) is 1.60. The summed E-state index contributed by atoms with van der Waals surface area (Å²) < 4.78 is 10.7. The highest BCUT2D eigenvalue weighted by molar-refractivity contribution is 6.30. The molecule has 21 heavy (non-hydrogen) atoms. The van der Waals surface area contributed by atoms with Crippen LogP contribution < -0.4 is 15.4 Å². The SMILES string of the molecule is COc1ccc(Cl)cc1NCCC(=O)NCC1CCCO1. The van der Waals surface area contributed by atoms with E-state index < -0.39 is 0 Å². The quantitative estimate of drug-likeness (QED) is 0.812. The summed E-state index contributed by atoms with van der Waals surface area (Å²) >= 11 is 5.95. The minimum absolute atomic E-state index is 0.0130. The number of halogens is 1. The highest BCUT2D eigenvalue weighted by Crippen LogP contribution is 2.27. The first-order valence-electron chi connectivity index (χ1n) is 7.15. The van der Waals surface area contributed by atoms with Crippen molar-refractivity contribution >= 4 is 23.2 Å².